The fourth-order valence-electron chi connectivity index (χ4n) is 3.06. The van der Waals surface area contributed by atoms with Crippen molar-refractivity contribution in [3.8, 4) is 11.5 Å². The first-order valence-electron chi connectivity index (χ1n) is 9.44. The molecule has 2 N–H and O–H groups in total. The minimum atomic E-state index is -4.19. The fourth-order valence-corrected chi connectivity index (χ4v) is 3.06. The van der Waals surface area contributed by atoms with Crippen LogP contribution in [0, 0.1) is 0 Å². The Labute approximate surface area is 187 Å². The number of aliphatic imine (C=N–C) groups is 1. The highest BCUT2D eigenvalue weighted by Crippen LogP contribution is 2.30. The van der Waals surface area contributed by atoms with Crippen molar-refractivity contribution in [3.05, 3.63) is 18.2 Å². The van der Waals surface area contributed by atoms with Gasteiger partial charge in [-0.25, -0.2) is 0 Å². The number of methoxy groups -OCH3 is 2. The third kappa shape index (κ3) is 8.75. The average molecular weight is 530 g/mol. The Bertz CT molecular complexity index is 629. The number of rotatable bonds is 7. The summed E-state index contributed by atoms with van der Waals surface area (Å²) in [6.45, 7) is 3.84. The minimum absolute atomic E-state index is 0. The van der Waals surface area contributed by atoms with E-state index in [4.69, 9.17) is 9.47 Å². The molecule has 0 spiro atoms. The molecule has 1 saturated heterocycles. The standard InChI is InChI=1S/C19H29F3N4O2.HI/c1-4-23-18(24-8-7-19(20,21)22)25-14-5-9-26(10-6-14)15-11-16(27-2)13-17(12-15)28-3;/h11-14H,4-10H2,1-3H3,(H2,23,24,25);1H. The lowest BCUT2D eigenvalue weighted by Crippen LogP contribution is -2.48. The molecular formula is C19H30F3IN4O2. The zero-order valence-corrected chi connectivity index (χ0v) is 19.3. The highest BCUT2D eigenvalue weighted by molar-refractivity contribution is 14.0. The SMILES string of the molecule is CCNC(=NCCC(F)(F)F)NC1CCN(c2cc(OC)cc(OC)c2)CC1.I. The molecule has 2 rings (SSSR count). The van der Waals surface area contributed by atoms with Crippen molar-refractivity contribution in [3.63, 3.8) is 0 Å². The van der Waals surface area contributed by atoms with Crippen molar-refractivity contribution in [1.82, 2.24) is 10.6 Å². The number of alkyl halides is 3. The molecule has 1 aromatic rings. The van der Waals surface area contributed by atoms with Crippen molar-refractivity contribution in [1.29, 1.82) is 0 Å². The number of halogens is 4. The lowest BCUT2D eigenvalue weighted by atomic mass is 10.0. The summed E-state index contributed by atoms with van der Waals surface area (Å²) in [7, 11) is 3.24. The van der Waals surface area contributed by atoms with Gasteiger partial charge in [-0.05, 0) is 19.8 Å². The first-order valence-corrected chi connectivity index (χ1v) is 9.44. The number of piperidine rings is 1. The van der Waals surface area contributed by atoms with E-state index >= 15 is 0 Å². The summed E-state index contributed by atoms with van der Waals surface area (Å²) in [6.07, 6.45) is -3.41. The van der Waals surface area contributed by atoms with Gasteiger partial charge in [0, 0.05) is 49.6 Å². The maximum atomic E-state index is 12.3. The van der Waals surface area contributed by atoms with Crippen LogP contribution >= 0.6 is 24.0 Å². The zero-order valence-electron chi connectivity index (χ0n) is 17.0. The lowest BCUT2D eigenvalue weighted by molar-refractivity contribution is -0.132. The van der Waals surface area contributed by atoms with Crippen LogP contribution < -0.4 is 25.0 Å². The Balaban J connectivity index is 0.00000420. The Morgan fingerprint density at radius 2 is 1.72 bits per heavy atom. The van der Waals surface area contributed by atoms with Crippen molar-refractivity contribution in [2.45, 2.75) is 38.4 Å². The van der Waals surface area contributed by atoms with Crippen LogP contribution in [-0.4, -0.2) is 58.6 Å². The quantitative estimate of drug-likeness (QED) is 0.319. The lowest BCUT2D eigenvalue weighted by Gasteiger charge is -2.34. The van der Waals surface area contributed by atoms with Gasteiger partial charge in [-0.2, -0.15) is 13.2 Å². The molecule has 1 aliphatic heterocycles. The van der Waals surface area contributed by atoms with Crippen LogP contribution in [0.1, 0.15) is 26.2 Å². The number of guanidine groups is 1. The summed E-state index contributed by atoms with van der Waals surface area (Å²) in [6, 6.07) is 5.93. The molecule has 0 amide bonds. The Morgan fingerprint density at radius 3 is 2.21 bits per heavy atom. The first-order chi connectivity index (χ1) is 13.3. The predicted octanol–water partition coefficient (Wildman–Crippen LogP) is 3.80. The normalized spacial score (nSPS) is 15.5. The van der Waals surface area contributed by atoms with Crippen LogP contribution in [0.15, 0.2) is 23.2 Å². The zero-order chi connectivity index (χ0) is 20.6. The first kappa shape index (κ1) is 25.4. The number of ether oxygens (including phenoxy) is 2. The molecule has 1 heterocycles. The number of nitrogens with zero attached hydrogens (tertiary/aromatic N) is 2. The number of hydrogen-bond donors (Lipinski definition) is 2. The van der Waals surface area contributed by atoms with Crippen LogP contribution in [-0.2, 0) is 0 Å². The monoisotopic (exact) mass is 530 g/mol. The number of anilines is 1. The van der Waals surface area contributed by atoms with E-state index in [1.54, 1.807) is 14.2 Å². The molecule has 1 aliphatic rings. The van der Waals surface area contributed by atoms with E-state index in [2.05, 4.69) is 20.5 Å². The van der Waals surface area contributed by atoms with Crippen molar-refractivity contribution in [2.24, 2.45) is 4.99 Å². The molecule has 166 valence electrons. The molecule has 0 saturated carbocycles. The van der Waals surface area contributed by atoms with Gasteiger partial charge in [-0.3, -0.25) is 4.99 Å². The van der Waals surface area contributed by atoms with E-state index < -0.39 is 12.6 Å². The molecule has 1 fully saturated rings. The molecule has 0 aromatic heterocycles. The van der Waals surface area contributed by atoms with Gasteiger partial charge in [-0.15, -0.1) is 24.0 Å². The second-order valence-corrected chi connectivity index (χ2v) is 6.60. The van der Waals surface area contributed by atoms with Gasteiger partial charge in [0.15, 0.2) is 5.96 Å². The van der Waals surface area contributed by atoms with Crippen LogP contribution in [0.25, 0.3) is 0 Å². The minimum Gasteiger partial charge on any atom is -0.497 e. The predicted molar refractivity (Wildman–Crippen MR) is 120 cm³/mol. The molecule has 1 aromatic carbocycles. The molecule has 0 unspecified atom stereocenters. The van der Waals surface area contributed by atoms with Gasteiger partial charge in [-0.1, -0.05) is 0 Å². The summed E-state index contributed by atoms with van der Waals surface area (Å²) >= 11 is 0. The fraction of sp³-hybridized carbons (Fsp3) is 0.632. The maximum Gasteiger partial charge on any atom is 0.390 e. The Kier molecular flexibility index (Phi) is 10.7. The van der Waals surface area contributed by atoms with Crippen LogP contribution in [0.2, 0.25) is 0 Å². The van der Waals surface area contributed by atoms with E-state index in [0.717, 1.165) is 43.1 Å². The second-order valence-electron chi connectivity index (χ2n) is 6.60. The van der Waals surface area contributed by atoms with Crippen molar-refractivity contribution in [2.75, 3.05) is 45.3 Å². The Morgan fingerprint density at radius 1 is 1.14 bits per heavy atom. The van der Waals surface area contributed by atoms with Gasteiger partial charge in [0.05, 0.1) is 27.2 Å². The van der Waals surface area contributed by atoms with Crippen LogP contribution in [0.5, 0.6) is 11.5 Å². The molecule has 0 atom stereocenters. The number of nitrogens with one attached hydrogen (secondary N) is 2. The van der Waals surface area contributed by atoms with Gasteiger partial charge >= 0.3 is 6.18 Å². The summed E-state index contributed by atoms with van der Waals surface area (Å²) in [5.41, 5.74) is 1.03. The highest BCUT2D eigenvalue weighted by atomic mass is 127. The van der Waals surface area contributed by atoms with Crippen LogP contribution in [0.3, 0.4) is 0 Å². The van der Waals surface area contributed by atoms with E-state index in [9.17, 15) is 13.2 Å². The van der Waals surface area contributed by atoms with Gasteiger partial charge < -0.3 is 25.0 Å². The molecular weight excluding hydrogens is 500 g/mol. The largest absolute Gasteiger partial charge is 0.497 e. The summed E-state index contributed by atoms with van der Waals surface area (Å²) in [5.74, 6) is 1.91. The number of hydrogen-bond acceptors (Lipinski definition) is 4. The van der Waals surface area contributed by atoms with E-state index in [1.807, 2.05) is 25.1 Å². The molecule has 0 aliphatic carbocycles. The number of benzene rings is 1. The van der Waals surface area contributed by atoms with Gasteiger partial charge in [0.2, 0.25) is 0 Å². The third-order valence-electron chi connectivity index (χ3n) is 4.55. The topological polar surface area (TPSA) is 58.1 Å². The molecule has 10 heteroatoms. The van der Waals surface area contributed by atoms with E-state index in [0.29, 0.717) is 12.5 Å². The molecule has 0 bridgehead atoms. The van der Waals surface area contributed by atoms with E-state index in [-0.39, 0.29) is 36.6 Å². The molecule has 0 radical (unpaired) electrons. The van der Waals surface area contributed by atoms with Crippen LogP contribution in [0.4, 0.5) is 18.9 Å². The summed E-state index contributed by atoms with van der Waals surface area (Å²) in [5, 5.41) is 6.27. The maximum absolute atomic E-state index is 12.3. The smallest absolute Gasteiger partial charge is 0.390 e. The molecule has 29 heavy (non-hydrogen) atoms. The Hall–Kier alpha value is -1.59. The second kappa shape index (κ2) is 12.2. The van der Waals surface area contributed by atoms with E-state index in [1.165, 1.54) is 0 Å². The summed E-state index contributed by atoms with van der Waals surface area (Å²) in [4.78, 5) is 6.29. The van der Waals surface area contributed by atoms with Crippen molar-refractivity contribution < 1.29 is 22.6 Å². The molecule has 6 nitrogen and oxygen atoms in total. The third-order valence-corrected chi connectivity index (χ3v) is 4.55. The summed E-state index contributed by atoms with van der Waals surface area (Å²) < 4.78 is 47.6. The highest BCUT2D eigenvalue weighted by Gasteiger charge is 2.26. The van der Waals surface area contributed by atoms with Gasteiger partial charge in [0.1, 0.15) is 11.5 Å². The van der Waals surface area contributed by atoms with Gasteiger partial charge in [0.25, 0.3) is 0 Å². The van der Waals surface area contributed by atoms with Crippen molar-refractivity contribution >= 4 is 35.6 Å². The average Bonchev–Trinajstić information content (AvgIpc) is 2.67.